The third-order valence-electron chi connectivity index (χ3n) is 5.75. The lowest BCUT2D eigenvalue weighted by atomic mass is 9.65. The van der Waals surface area contributed by atoms with Gasteiger partial charge in [0.15, 0.2) is 0 Å². The molecular formula is C22H43NO6. The first-order valence-corrected chi connectivity index (χ1v) is 11.5. The van der Waals surface area contributed by atoms with Crippen LogP contribution in [0.15, 0.2) is 0 Å². The monoisotopic (exact) mass is 417 g/mol. The molecule has 2 rings (SSSR count). The van der Waals surface area contributed by atoms with Crippen LogP contribution in [-0.2, 0) is 28.4 Å². The Hall–Kier alpha value is -0.280. The van der Waals surface area contributed by atoms with Gasteiger partial charge >= 0.3 is 0 Å². The Morgan fingerprint density at radius 3 is 1.79 bits per heavy atom. The second kappa shape index (κ2) is 15.5. The standard InChI is InChI=1S/C22H43NO6/c1-20-17-21-3-2-4-22(18-20,19-21)29-16-15-28-14-13-27-12-11-26-10-9-25-8-7-24-6-5-23/h20-21H,2-19,23H2,1H3. The number of hydrogen-bond acceptors (Lipinski definition) is 7. The minimum Gasteiger partial charge on any atom is -0.378 e. The van der Waals surface area contributed by atoms with Gasteiger partial charge in [-0.25, -0.2) is 0 Å². The van der Waals surface area contributed by atoms with Crippen LogP contribution in [0.3, 0.4) is 0 Å². The van der Waals surface area contributed by atoms with E-state index in [0.717, 1.165) is 11.8 Å². The van der Waals surface area contributed by atoms with Crippen molar-refractivity contribution in [3.8, 4) is 0 Å². The maximum Gasteiger partial charge on any atom is 0.0708 e. The summed E-state index contributed by atoms with van der Waals surface area (Å²) in [6.07, 6.45) is 7.81. The molecule has 3 atom stereocenters. The fourth-order valence-corrected chi connectivity index (χ4v) is 4.69. The summed E-state index contributed by atoms with van der Waals surface area (Å²) in [7, 11) is 0. The smallest absolute Gasteiger partial charge is 0.0708 e. The summed E-state index contributed by atoms with van der Waals surface area (Å²) in [4.78, 5) is 0. The van der Waals surface area contributed by atoms with Crippen LogP contribution in [0, 0.1) is 11.8 Å². The molecule has 2 bridgehead atoms. The van der Waals surface area contributed by atoms with Crippen molar-refractivity contribution in [2.75, 3.05) is 79.2 Å². The molecule has 0 aromatic heterocycles. The molecule has 0 radical (unpaired) electrons. The van der Waals surface area contributed by atoms with Crippen molar-refractivity contribution >= 4 is 0 Å². The van der Waals surface area contributed by atoms with Crippen molar-refractivity contribution in [2.45, 2.75) is 51.0 Å². The van der Waals surface area contributed by atoms with Crippen LogP contribution < -0.4 is 5.73 Å². The molecule has 3 unspecified atom stereocenters. The zero-order chi connectivity index (χ0) is 20.6. The lowest BCUT2D eigenvalue weighted by molar-refractivity contribution is -0.129. The molecule has 0 heterocycles. The molecule has 2 aliphatic carbocycles. The molecule has 0 saturated heterocycles. The molecule has 2 fully saturated rings. The van der Waals surface area contributed by atoms with Gasteiger partial charge in [-0.15, -0.1) is 0 Å². The number of ether oxygens (including phenoxy) is 6. The molecule has 172 valence electrons. The first-order valence-electron chi connectivity index (χ1n) is 11.5. The van der Waals surface area contributed by atoms with E-state index in [9.17, 15) is 0 Å². The topological polar surface area (TPSA) is 81.4 Å². The van der Waals surface area contributed by atoms with Crippen LogP contribution in [0.1, 0.15) is 45.4 Å². The average molecular weight is 418 g/mol. The van der Waals surface area contributed by atoms with Gasteiger partial charge in [0, 0.05) is 6.54 Å². The lowest BCUT2D eigenvalue weighted by Crippen LogP contribution is -2.44. The van der Waals surface area contributed by atoms with Crippen LogP contribution in [0.2, 0.25) is 0 Å². The van der Waals surface area contributed by atoms with Crippen LogP contribution in [0.25, 0.3) is 0 Å². The first-order chi connectivity index (χ1) is 14.2. The molecule has 29 heavy (non-hydrogen) atoms. The Morgan fingerprint density at radius 1 is 0.724 bits per heavy atom. The highest BCUT2D eigenvalue weighted by Crippen LogP contribution is 2.47. The van der Waals surface area contributed by atoms with E-state index in [1.165, 1.54) is 38.5 Å². The Morgan fingerprint density at radius 2 is 1.24 bits per heavy atom. The Balaban J connectivity index is 1.31. The molecule has 0 aromatic carbocycles. The Bertz CT molecular complexity index is 395. The number of fused-ring (bicyclic) bond motifs is 2. The van der Waals surface area contributed by atoms with Crippen LogP contribution in [0.4, 0.5) is 0 Å². The van der Waals surface area contributed by atoms with E-state index in [4.69, 9.17) is 34.2 Å². The molecule has 7 heteroatoms. The predicted molar refractivity (Wildman–Crippen MR) is 112 cm³/mol. The summed E-state index contributed by atoms with van der Waals surface area (Å²) < 4.78 is 33.5. The molecule has 7 nitrogen and oxygen atoms in total. The summed E-state index contributed by atoms with van der Waals surface area (Å²) in [5.74, 6) is 1.68. The van der Waals surface area contributed by atoms with Crippen molar-refractivity contribution in [3.63, 3.8) is 0 Å². The quantitative estimate of drug-likeness (QED) is 0.343. The maximum absolute atomic E-state index is 6.32. The van der Waals surface area contributed by atoms with Gasteiger partial charge < -0.3 is 34.2 Å². The molecule has 0 amide bonds. The second-order valence-electron chi connectivity index (χ2n) is 8.39. The third-order valence-corrected chi connectivity index (χ3v) is 5.75. The first kappa shape index (κ1) is 25.0. The highest BCUT2D eigenvalue weighted by molar-refractivity contribution is 4.94. The molecule has 2 saturated carbocycles. The van der Waals surface area contributed by atoms with Gasteiger partial charge in [0.25, 0.3) is 0 Å². The zero-order valence-electron chi connectivity index (χ0n) is 18.4. The summed E-state index contributed by atoms with van der Waals surface area (Å²) in [5.41, 5.74) is 5.46. The zero-order valence-corrected chi connectivity index (χ0v) is 18.4. The summed E-state index contributed by atoms with van der Waals surface area (Å²) in [6.45, 7) is 9.44. The Labute approximate surface area is 176 Å². The molecular weight excluding hydrogens is 374 g/mol. The van der Waals surface area contributed by atoms with Crippen LogP contribution >= 0.6 is 0 Å². The van der Waals surface area contributed by atoms with Gasteiger partial charge in [-0.05, 0) is 37.5 Å². The van der Waals surface area contributed by atoms with E-state index in [1.807, 2.05) is 0 Å². The van der Waals surface area contributed by atoms with E-state index in [2.05, 4.69) is 6.92 Å². The highest BCUT2D eigenvalue weighted by Gasteiger charge is 2.42. The van der Waals surface area contributed by atoms with E-state index >= 15 is 0 Å². The normalized spacial score (nSPS) is 26.7. The Kier molecular flexibility index (Phi) is 13.4. The molecule has 0 spiro atoms. The van der Waals surface area contributed by atoms with Crippen molar-refractivity contribution in [2.24, 2.45) is 17.6 Å². The van der Waals surface area contributed by atoms with Crippen molar-refractivity contribution in [3.05, 3.63) is 0 Å². The fourth-order valence-electron chi connectivity index (χ4n) is 4.69. The third kappa shape index (κ3) is 11.1. The van der Waals surface area contributed by atoms with E-state index in [-0.39, 0.29) is 5.60 Å². The second-order valence-corrected chi connectivity index (χ2v) is 8.39. The molecule has 2 N–H and O–H groups in total. The van der Waals surface area contributed by atoms with Gasteiger partial charge in [0.1, 0.15) is 0 Å². The van der Waals surface area contributed by atoms with Crippen LogP contribution in [-0.4, -0.2) is 84.8 Å². The van der Waals surface area contributed by atoms with E-state index < -0.39 is 0 Å². The van der Waals surface area contributed by atoms with Crippen LogP contribution in [0.5, 0.6) is 0 Å². The minimum atomic E-state index is 0.138. The maximum atomic E-state index is 6.32. The summed E-state index contributed by atoms with van der Waals surface area (Å²) in [5, 5.41) is 0. The van der Waals surface area contributed by atoms with E-state index in [1.54, 1.807) is 0 Å². The fraction of sp³-hybridized carbons (Fsp3) is 1.00. The van der Waals surface area contributed by atoms with Gasteiger partial charge in [0.2, 0.25) is 0 Å². The van der Waals surface area contributed by atoms with Gasteiger partial charge in [-0.3, -0.25) is 0 Å². The average Bonchev–Trinajstić information content (AvgIpc) is 2.70. The molecule has 0 aromatic rings. The number of nitrogens with two attached hydrogens (primary N) is 1. The molecule has 2 aliphatic rings. The van der Waals surface area contributed by atoms with Crippen molar-refractivity contribution in [1.29, 1.82) is 0 Å². The highest BCUT2D eigenvalue weighted by atomic mass is 16.6. The summed E-state index contributed by atoms with van der Waals surface area (Å²) >= 11 is 0. The molecule has 0 aliphatic heterocycles. The summed E-state index contributed by atoms with van der Waals surface area (Å²) in [6, 6.07) is 0. The van der Waals surface area contributed by atoms with Gasteiger partial charge in [-0.1, -0.05) is 19.8 Å². The lowest BCUT2D eigenvalue weighted by Gasteiger charge is -2.47. The minimum absolute atomic E-state index is 0.138. The van der Waals surface area contributed by atoms with E-state index in [0.29, 0.717) is 79.2 Å². The largest absolute Gasteiger partial charge is 0.378 e. The number of hydrogen-bond donors (Lipinski definition) is 1. The van der Waals surface area contributed by atoms with Gasteiger partial charge in [0.05, 0.1) is 78.3 Å². The van der Waals surface area contributed by atoms with Gasteiger partial charge in [-0.2, -0.15) is 0 Å². The van der Waals surface area contributed by atoms with Crippen molar-refractivity contribution < 1.29 is 28.4 Å². The van der Waals surface area contributed by atoms with Crippen molar-refractivity contribution in [1.82, 2.24) is 0 Å². The predicted octanol–water partition coefficient (Wildman–Crippen LogP) is 2.40. The SMILES string of the molecule is CC1CC2CCCC(OCCOCCOCCOCCOCCOCCN)(C1)C2. The number of rotatable bonds is 18.